The van der Waals surface area contributed by atoms with Crippen LogP contribution in [0.4, 0.5) is 0 Å². The summed E-state index contributed by atoms with van der Waals surface area (Å²) in [5.41, 5.74) is 0.755. The van der Waals surface area contributed by atoms with Gasteiger partial charge in [-0.2, -0.15) is 0 Å². The quantitative estimate of drug-likeness (QED) is 0.889. The third kappa shape index (κ3) is 2.34. The number of carbonyl (C=O) groups is 1. The lowest BCUT2D eigenvalue weighted by molar-refractivity contribution is -0.150. The number of hydrogen-bond acceptors (Lipinski definition) is 3. The van der Waals surface area contributed by atoms with Crippen LogP contribution in [0.5, 0.6) is 0 Å². The zero-order valence-electron chi connectivity index (χ0n) is 11.6. The van der Waals surface area contributed by atoms with Crippen LogP contribution in [0.15, 0.2) is 24.3 Å². The van der Waals surface area contributed by atoms with Gasteiger partial charge in [-0.3, -0.25) is 5.32 Å². The molecule has 0 bridgehead atoms. The Morgan fingerprint density at radius 1 is 1.25 bits per heavy atom. The van der Waals surface area contributed by atoms with Crippen molar-refractivity contribution in [3.63, 3.8) is 0 Å². The molecule has 4 nitrogen and oxygen atoms in total. The molecule has 1 aromatic rings. The van der Waals surface area contributed by atoms with Gasteiger partial charge in [0.05, 0.1) is 13.2 Å². The van der Waals surface area contributed by atoms with Crippen molar-refractivity contribution < 1.29 is 14.6 Å². The van der Waals surface area contributed by atoms with E-state index in [1.165, 1.54) is 19.3 Å². The van der Waals surface area contributed by atoms with E-state index < -0.39 is 11.5 Å². The first-order valence-electron chi connectivity index (χ1n) is 7.39. The van der Waals surface area contributed by atoms with E-state index in [1.807, 2.05) is 24.3 Å². The third-order valence-electron chi connectivity index (χ3n) is 4.47. The van der Waals surface area contributed by atoms with E-state index in [2.05, 4.69) is 5.32 Å². The second-order valence-electron chi connectivity index (χ2n) is 5.84. The highest BCUT2D eigenvalue weighted by Gasteiger charge is 2.45. The molecule has 1 fully saturated rings. The van der Waals surface area contributed by atoms with E-state index in [-0.39, 0.29) is 12.6 Å². The van der Waals surface area contributed by atoms with Crippen molar-refractivity contribution in [2.45, 2.75) is 50.3 Å². The van der Waals surface area contributed by atoms with Crippen molar-refractivity contribution in [3.05, 3.63) is 35.4 Å². The number of aliphatic carboxylic acids is 1. The molecule has 3 rings (SSSR count). The number of fused-ring (bicyclic) bond motifs is 1. The molecule has 108 valence electrons. The molecule has 1 aliphatic heterocycles. The van der Waals surface area contributed by atoms with E-state index in [1.54, 1.807) is 0 Å². The van der Waals surface area contributed by atoms with Gasteiger partial charge < -0.3 is 9.84 Å². The average Bonchev–Trinajstić information content (AvgIpc) is 2.48. The summed E-state index contributed by atoms with van der Waals surface area (Å²) >= 11 is 0. The van der Waals surface area contributed by atoms with Crippen LogP contribution in [0, 0.1) is 0 Å². The number of nitrogens with one attached hydrogen (secondary N) is 1. The lowest BCUT2D eigenvalue weighted by Crippen LogP contribution is -2.58. The van der Waals surface area contributed by atoms with Gasteiger partial charge in [0.15, 0.2) is 5.54 Å². The number of hydrogen-bond donors (Lipinski definition) is 2. The zero-order valence-corrected chi connectivity index (χ0v) is 11.6. The minimum absolute atomic E-state index is 0.204. The van der Waals surface area contributed by atoms with Crippen molar-refractivity contribution in [1.82, 2.24) is 5.32 Å². The molecule has 0 spiro atoms. The van der Waals surface area contributed by atoms with E-state index >= 15 is 0 Å². The Balaban J connectivity index is 1.94. The van der Waals surface area contributed by atoms with Crippen LogP contribution < -0.4 is 5.32 Å². The molecule has 0 radical (unpaired) electrons. The van der Waals surface area contributed by atoms with Crippen LogP contribution in [-0.4, -0.2) is 23.7 Å². The summed E-state index contributed by atoms with van der Waals surface area (Å²) in [6.45, 7) is 0.702. The lowest BCUT2D eigenvalue weighted by atomic mass is 9.83. The summed E-state index contributed by atoms with van der Waals surface area (Å²) in [6, 6.07) is 7.98. The largest absolute Gasteiger partial charge is 0.480 e. The predicted molar refractivity (Wildman–Crippen MR) is 75.4 cm³/mol. The molecule has 1 unspecified atom stereocenters. The Hall–Kier alpha value is -1.39. The fraction of sp³-hybridized carbons (Fsp3) is 0.562. The van der Waals surface area contributed by atoms with Gasteiger partial charge in [-0.25, -0.2) is 4.79 Å². The van der Waals surface area contributed by atoms with E-state index in [9.17, 15) is 9.90 Å². The van der Waals surface area contributed by atoms with Crippen LogP contribution in [0.25, 0.3) is 0 Å². The minimum atomic E-state index is -1.09. The van der Waals surface area contributed by atoms with E-state index in [0.717, 1.165) is 24.0 Å². The van der Waals surface area contributed by atoms with Gasteiger partial charge in [0, 0.05) is 6.04 Å². The standard InChI is InChI=1S/C16H21NO3/c18-15(19)16(17-13-7-2-1-3-8-13)11-20-10-12-6-4-5-9-14(12)16/h4-6,9,13,17H,1-3,7-8,10-11H2,(H,18,19). The Bertz CT molecular complexity index is 496. The van der Waals surface area contributed by atoms with E-state index in [0.29, 0.717) is 6.61 Å². The second kappa shape index (κ2) is 5.54. The highest BCUT2D eigenvalue weighted by Crippen LogP contribution is 2.33. The number of rotatable bonds is 3. The van der Waals surface area contributed by atoms with Crippen LogP contribution in [0.1, 0.15) is 43.2 Å². The average molecular weight is 275 g/mol. The highest BCUT2D eigenvalue weighted by molar-refractivity contribution is 5.82. The molecule has 0 amide bonds. The van der Waals surface area contributed by atoms with Crippen molar-refractivity contribution in [2.75, 3.05) is 6.61 Å². The molecule has 0 aromatic heterocycles. The van der Waals surface area contributed by atoms with Crippen molar-refractivity contribution in [1.29, 1.82) is 0 Å². The zero-order chi connectivity index (χ0) is 14.0. The maximum atomic E-state index is 12.0. The maximum Gasteiger partial charge on any atom is 0.331 e. The summed E-state index contributed by atoms with van der Waals surface area (Å²) in [7, 11) is 0. The maximum absolute atomic E-state index is 12.0. The number of carboxylic acid groups (broad SMARTS) is 1. The van der Waals surface area contributed by atoms with Crippen LogP contribution in [0.2, 0.25) is 0 Å². The first-order chi connectivity index (χ1) is 9.72. The first-order valence-corrected chi connectivity index (χ1v) is 7.39. The topological polar surface area (TPSA) is 58.6 Å². The molecule has 1 atom stereocenters. The van der Waals surface area contributed by atoms with Gasteiger partial charge in [-0.15, -0.1) is 0 Å². The van der Waals surface area contributed by atoms with Crippen LogP contribution in [0.3, 0.4) is 0 Å². The van der Waals surface area contributed by atoms with Crippen molar-refractivity contribution in [3.8, 4) is 0 Å². The molecule has 4 heteroatoms. The molecule has 20 heavy (non-hydrogen) atoms. The summed E-state index contributed by atoms with van der Waals surface area (Å²) < 4.78 is 5.57. The SMILES string of the molecule is O=C(O)C1(NC2CCCCC2)COCc2ccccc21. The lowest BCUT2D eigenvalue weighted by Gasteiger charge is -2.39. The summed E-state index contributed by atoms with van der Waals surface area (Å²) in [4.78, 5) is 12.0. The fourth-order valence-corrected chi connectivity index (χ4v) is 3.41. The minimum Gasteiger partial charge on any atom is -0.480 e. The van der Waals surface area contributed by atoms with Crippen LogP contribution >= 0.6 is 0 Å². The molecule has 1 heterocycles. The van der Waals surface area contributed by atoms with Gasteiger partial charge in [0.25, 0.3) is 0 Å². The molecule has 2 aliphatic rings. The molecule has 0 saturated heterocycles. The number of ether oxygens (including phenoxy) is 1. The van der Waals surface area contributed by atoms with Crippen molar-refractivity contribution >= 4 is 5.97 Å². The Morgan fingerprint density at radius 3 is 2.75 bits per heavy atom. The van der Waals surface area contributed by atoms with Gasteiger partial charge in [0.1, 0.15) is 0 Å². The molecular weight excluding hydrogens is 254 g/mol. The number of carboxylic acids is 1. The fourth-order valence-electron chi connectivity index (χ4n) is 3.41. The third-order valence-corrected chi connectivity index (χ3v) is 4.47. The Kier molecular flexibility index (Phi) is 3.76. The molecular formula is C16H21NO3. The molecule has 1 aromatic carbocycles. The normalized spacial score (nSPS) is 27.0. The molecule has 2 N–H and O–H groups in total. The van der Waals surface area contributed by atoms with Crippen LogP contribution in [-0.2, 0) is 21.7 Å². The second-order valence-corrected chi connectivity index (χ2v) is 5.84. The van der Waals surface area contributed by atoms with Gasteiger partial charge in [-0.1, -0.05) is 43.5 Å². The highest BCUT2D eigenvalue weighted by atomic mass is 16.5. The van der Waals surface area contributed by atoms with Gasteiger partial charge >= 0.3 is 5.97 Å². The van der Waals surface area contributed by atoms with Gasteiger partial charge in [-0.05, 0) is 24.0 Å². The monoisotopic (exact) mass is 275 g/mol. The van der Waals surface area contributed by atoms with Gasteiger partial charge in [0.2, 0.25) is 0 Å². The first kappa shape index (κ1) is 13.6. The van der Waals surface area contributed by atoms with Crippen molar-refractivity contribution in [2.24, 2.45) is 0 Å². The van der Waals surface area contributed by atoms with E-state index in [4.69, 9.17) is 4.74 Å². The molecule has 1 aliphatic carbocycles. The smallest absolute Gasteiger partial charge is 0.331 e. The number of benzene rings is 1. The molecule has 1 saturated carbocycles. The Labute approximate surface area is 119 Å². The Morgan fingerprint density at radius 2 is 2.00 bits per heavy atom. The summed E-state index contributed by atoms with van der Waals surface area (Å²) in [6.07, 6.45) is 5.71. The summed E-state index contributed by atoms with van der Waals surface area (Å²) in [5, 5.41) is 13.2. The summed E-state index contributed by atoms with van der Waals surface area (Å²) in [5.74, 6) is -0.838. The predicted octanol–water partition coefficient (Wildman–Crippen LogP) is 2.42.